The fourth-order valence-electron chi connectivity index (χ4n) is 2.06. The lowest BCUT2D eigenvalue weighted by molar-refractivity contribution is -0.149. The van der Waals surface area contributed by atoms with E-state index in [0.29, 0.717) is 31.7 Å². The standard InChI is InChI=1S/C12H14BrF3N2O/c13-11-2-1-10(7-17-11)19-9-3-5-18(6-4-9)8-12(14,15)16/h1-2,7,9H,3-6,8H2. The minimum Gasteiger partial charge on any atom is -0.489 e. The van der Waals surface area contributed by atoms with Crippen molar-refractivity contribution in [1.82, 2.24) is 9.88 Å². The molecular weight excluding hydrogens is 325 g/mol. The molecule has 1 fully saturated rings. The minimum absolute atomic E-state index is 0.0348. The summed E-state index contributed by atoms with van der Waals surface area (Å²) in [5.41, 5.74) is 0. The van der Waals surface area contributed by atoms with Gasteiger partial charge in [0.1, 0.15) is 16.5 Å². The summed E-state index contributed by atoms with van der Waals surface area (Å²) in [6, 6.07) is 3.56. The normalized spacial score (nSPS) is 18.5. The van der Waals surface area contributed by atoms with E-state index in [9.17, 15) is 13.2 Å². The quantitative estimate of drug-likeness (QED) is 0.791. The molecule has 1 aromatic heterocycles. The molecule has 3 nitrogen and oxygen atoms in total. The zero-order valence-electron chi connectivity index (χ0n) is 10.2. The molecule has 2 rings (SSSR count). The van der Waals surface area contributed by atoms with Crippen molar-refractivity contribution in [3.63, 3.8) is 0 Å². The Bertz CT molecular complexity index is 402. The van der Waals surface area contributed by atoms with E-state index >= 15 is 0 Å². The van der Waals surface area contributed by atoms with Gasteiger partial charge in [0.05, 0.1) is 12.7 Å². The summed E-state index contributed by atoms with van der Waals surface area (Å²) >= 11 is 3.23. The van der Waals surface area contributed by atoms with E-state index in [0.717, 1.165) is 4.60 Å². The van der Waals surface area contributed by atoms with E-state index < -0.39 is 12.7 Å². The first-order chi connectivity index (χ1) is 8.92. The van der Waals surface area contributed by atoms with Gasteiger partial charge in [-0.25, -0.2) is 4.98 Å². The highest BCUT2D eigenvalue weighted by Crippen LogP contribution is 2.22. The second-order valence-corrected chi connectivity index (χ2v) is 5.34. The molecule has 1 saturated heterocycles. The molecule has 0 spiro atoms. The average molecular weight is 339 g/mol. The Kier molecular flexibility index (Phi) is 4.67. The van der Waals surface area contributed by atoms with Crippen molar-refractivity contribution < 1.29 is 17.9 Å². The van der Waals surface area contributed by atoms with E-state index in [-0.39, 0.29) is 6.10 Å². The van der Waals surface area contributed by atoms with Gasteiger partial charge in [0, 0.05) is 13.1 Å². The predicted octanol–water partition coefficient (Wildman–Crippen LogP) is 3.25. The molecule has 0 unspecified atom stereocenters. The van der Waals surface area contributed by atoms with E-state index in [2.05, 4.69) is 20.9 Å². The van der Waals surface area contributed by atoms with Crippen LogP contribution in [0.5, 0.6) is 5.75 Å². The van der Waals surface area contributed by atoms with E-state index in [1.807, 2.05) is 0 Å². The topological polar surface area (TPSA) is 25.4 Å². The summed E-state index contributed by atoms with van der Waals surface area (Å²) in [4.78, 5) is 5.46. The molecule has 0 atom stereocenters. The van der Waals surface area contributed by atoms with Crippen molar-refractivity contribution in [3.05, 3.63) is 22.9 Å². The van der Waals surface area contributed by atoms with Gasteiger partial charge in [-0.05, 0) is 40.9 Å². The van der Waals surface area contributed by atoms with E-state index in [1.54, 1.807) is 18.3 Å². The van der Waals surface area contributed by atoms with E-state index in [1.165, 1.54) is 4.90 Å². The number of piperidine rings is 1. The van der Waals surface area contributed by atoms with Crippen LogP contribution in [0.3, 0.4) is 0 Å². The molecule has 0 amide bonds. The Balaban J connectivity index is 1.79. The van der Waals surface area contributed by atoms with E-state index in [4.69, 9.17) is 4.74 Å². The van der Waals surface area contributed by atoms with Crippen molar-refractivity contribution in [2.45, 2.75) is 25.1 Å². The molecule has 2 heterocycles. The van der Waals surface area contributed by atoms with Crippen LogP contribution in [0.4, 0.5) is 13.2 Å². The monoisotopic (exact) mass is 338 g/mol. The lowest BCUT2D eigenvalue weighted by Gasteiger charge is -2.32. The smallest absolute Gasteiger partial charge is 0.401 e. The Morgan fingerprint density at radius 1 is 1.32 bits per heavy atom. The van der Waals surface area contributed by atoms with Gasteiger partial charge in [-0.15, -0.1) is 0 Å². The summed E-state index contributed by atoms with van der Waals surface area (Å²) in [6.45, 7) is -0.0121. The number of nitrogens with zero attached hydrogens (tertiary/aromatic N) is 2. The van der Waals surface area contributed by atoms with Gasteiger partial charge in [0.15, 0.2) is 0 Å². The molecule has 0 radical (unpaired) electrons. The maximum Gasteiger partial charge on any atom is 0.401 e. The third-order valence-electron chi connectivity index (χ3n) is 2.94. The van der Waals surface area contributed by atoms with Crippen molar-refractivity contribution >= 4 is 15.9 Å². The number of halogens is 4. The molecule has 0 aromatic carbocycles. The highest BCUT2D eigenvalue weighted by Gasteiger charge is 2.32. The van der Waals surface area contributed by atoms with Crippen molar-refractivity contribution in [2.75, 3.05) is 19.6 Å². The SMILES string of the molecule is FC(F)(F)CN1CCC(Oc2ccc(Br)nc2)CC1. The number of hydrogen-bond donors (Lipinski definition) is 0. The van der Waals surface area contributed by atoms with Crippen molar-refractivity contribution in [3.8, 4) is 5.75 Å². The third-order valence-corrected chi connectivity index (χ3v) is 3.41. The summed E-state index contributed by atoms with van der Waals surface area (Å²) in [7, 11) is 0. The predicted molar refractivity (Wildman–Crippen MR) is 68.1 cm³/mol. The van der Waals surface area contributed by atoms with Crippen LogP contribution < -0.4 is 4.74 Å². The van der Waals surface area contributed by atoms with Crippen LogP contribution in [0.15, 0.2) is 22.9 Å². The average Bonchev–Trinajstić information content (AvgIpc) is 2.33. The van der Waals surface area contributed by atoms with Crippen LogP contribution in [0.25, 0.3) is 0 Å². The van der Waals surface area contributed by atoms with Gasteiger partial charge in [-0.1, -0.05) is 0 Å². The Labute approximate surface area is 117 Å². The summed E-state index contributed by atoms with van der Waals surface area (Å²) in [6.07, 6.45) is -1.35. The lowest BCUT2D eigenvalue weighted by atomic mass is 10.1. The molecule has 1 aliphatic heterocycles. The van der Waals surface area contributed by atoms with Crippen LogP contribution >= 0.6 is 15.9 Å². The first kappa shape index (κ1) is 14.6. The third kappa shape index (κ3) is 4.99. The number of likely N-dealkylation sites (tertiary alicyclic amines) is 1. The molecule has 0 bridgehead atoms. The molecule has 0 N–H and O–H groups in total. The van der Waals surface area contributed by atoms with Crippen molar-refractivity contribution in [1.29, 1.82) is 0 Å². The van der Waals surface area contributed by atoms with Gasteiger partial charge in [-0.2, -0.15) is 13.2 Å². The zero-order valence-corrected chi connectivity index (χ0v) is 11.7. The highest BCUT2D eigenvalue weighted by atomic mass is 79.9. The van der Waals surface area contributed by atoms with Gasteiger partial charge < -0.3 is 4.74 Å². The largest absolute Gasteiger partial charge is 0.489 e. The molecule has 1 aromatic rings. The number of hydrogen-bond acceptors (Lipinski definition) is 3. The van der Waals surface area contributed by atoms with Crippen LogP contribution in [0.2, 0.25) is 0 Å². The van der Waals surface area contributed by atoms with Gasteiger partial charge in [0.25, 0.3) is 0 Å². The number of rotatable bonds is 3. The zero-order chi connectivity index (χ0) is 13.9. The molecule has 0 aliphatic carbocycles. The summed E-state index contributed by atoms with van der Waals surface area (Å²) in [5.74, 6) is 0.650. The maximum atomic E-state index is 12.2. The fourth-order valence-corrected chi connectivity index (χ4v) is 2.30. The molecule has 19 heavy (non-hydrogen) atoms. The number of aromatic nitrogens is 1. The number of alkyl halides is 3. The Morgan fingerprint density at radius 2 is 2.00 bits per heavy atom. The highest BCUT2D eigenvalue weighted by molar-refractivity contribution is 9.10. The second kappa shape index (κ2) is 6.09. The minimum atomic E-state index is -4.12. The van der Waals surface area contributed by atoms with Gasteiger partial charge in [0.2, 0.25) is 0 Å². The fraction of sp³-hybridized carbons (Fsp3) is 0.583. The summed E-state index contributed by atoms with van der Waals surface area (Å²) in [5, 5.41) is 0. The first-order valence-electron chi connectivity index (χ1n) is 6.00. The van der Waals surface area contributed by atoms with Crippen LogP contribution in [0, 0.1) is 0 Å². The molecular formula is C12H14BrF3N2O. The number of pyridine rings is 1. The van der Waals surface area contributed by atoms with Gasteiger partial charge >= 0.3 is 6.18 Å². The van der Waals surface area contributed by atoms with Gasteiger partial charge in [-0.3, -0.25) is 4.90 Å². The molecule has 7 heteroatoms. The number of ether oxygens (including phenoxy) is 1. The first-order valence-corrected chi connectivity index (χ1v) is 6.79. The maximum absolute atomic E-state index is 12.2. The van der Waals surface area contributed by atoms with Crippen molar-refractivity contribution in [2.24, 2.45) is 0 Å². The molecule has 1 aliphatic rings. The molecule has 106 valence electrons. The Hall–Kier alpha value is -0.820. The lowest BCUT2D eigenvalue weighted by Crippen LogP contribution is -2.42. The van der Waals surface area contributed by atoms with Crippen LogP contribution in [-0.2, 0) is 0 Å². The molecule has 0 saturated carbocycles. The van der Waals surface area contributed by atoms with Crippen LogP contribution in [-0.4, -0.2) is 41.8 Å². The van der Waals surface area contributed by atoms with Crippen LogP contribution in [0.1, 0.15) is 12.8 Å². The summed E-state index contributed by atoms with van der Waals surface area (Å²) < 4.78 is 43.1. The Morgan fingerprint density at radius 3 is 2.53 bits per heavy atom. The second-order valence-electron chi connectivity index (χ2n) is 4.53.